The summed E-state index contributed by atoms with van der Waals surface area (Å²) >= 11 is 0. The van der Waals surface area contributed by atoms with Crippen molar-refractivity contribution in [3.63, 3.8) is 0 Å². The van der Waals surface area contributed by atoms with E-state index >= 15 is 0 Å². The maximum Gasteiger partial charge on any atom is 0.416 e. The molecule has 2 nitrogen and oxygen atoms in total. The van der Waals surface area contributed by atoms with Gasteiger partial charge in [-0.1, -0.05) is 31.2 Å². The number of aliphatic hydroxyl groups excluding tert-OH is 1. The number of hydrogen-bond donors (Lipinski definition) is 1. The molecule has 1 unspecified atom stereocenters. The first-order valence-electron chi connectivity index (χ1n) is 6.23. The smallest absolute Gasteiger partial charge is 0.382 e. The quantitative estimate of drug-likeness (QED) is 0.929. The summed E-state index contributed by atoms with van der Waals surface area (Å²) < 4.78 is 38.9. The van der Waals surface area contributed by atoms with Crippen molar-refractivity contribution in [3.8, 4) is 0 Å². The van der Waals surface area contributed by atoms with Gasteiger partial charge in [0.15, 0.2) is 0 Å². The van der Waals surface area contributed by atoms with Gasteiger partial charge in [0, 0.05) is 6.20 Å². The topological polar surface area (TPSA) is 33.1 Å². The van der Waals surface area contributed by atoms with Gasteiger partial charge in [-0.15, -0.1) is 0 Å². The second-order valence-corrected chi connectivity index (χ2v) is 4.39. The van der Waals surface area contributed by atoms with E-state index in [0.717, 1.165) is 11.6 Å². The van der Waals surface area contributed by atoms with Crippen LogP contribution < -0.4 is 0 Å². The Balaban J connectivity index is 2.52. The van der Waals surface area contributed by atoms with Crippen LogP contribution in [0.5, 0.6) is 0 Å². The zero-order valence-electron chi connectivity index (χ0n) is 10.9. The molecule has 0 radical (unpaired) electrons. The summed E-state index contributed by atoms with van der Waals surface area (Å²) in [6.07, 6.45) is -3.83. The van der Waals surface area contributed by atoms with Gasteiger partial charge in [0.1, 0.15) is 6.10 Å². The fourth-order valence-electron chi connectivity index (χ4n) is 2.14. The molecule has 5 heteroatoms. The summed E-state index contributed by atoms with van der Waals surface area (Å²) in [5.74, 6) is 0. The maximum absolute atomic E-state index is 13.0. The van der Waals surface area contributed by atoms with Crippen molar-refractivity contribution in [2.75, 3.05) is 0 Å². The van der Waals surface area contributed by atoms with Crippen LogP contribution in [-0.2, 0) is 12.6 Å². The van der Waals surface area contributed by atoms with Crippen LogP contribution in [0.15, 0.2) is 42.6 Å². The number of aryl methyl sites for hydroxylation is 1. The number of aromatic nitrogens is 1. The van der Waals surface area contributed by atoms with Gasteiger partial charge in [0.2, 0.25) is 0 Å². The van der Waals surface area contributed by atoms with Gasteiger partial charge in [-0.05, 0) is 29.7 Å². The lowest BCUT2D eigenvalue weighted by Gasteiger charge is -2.18. The first-order valence-corrected chi connectivity index (χ1v) is 6.23. The van der Waals surface area contributed by atoms with E-state index in [1.165, 1.54) is 24.4 Å². The Bertz CT molecular complexity index is 596. The van der Waals surface area contributed by atoms with Crippen LogP contribution in [0.2, 0.25) is 0 Å². The largest absolute Gasteiger partial charge is 0.416 e. The Kier molecular flexibility index (Phi) is 4.09. The highest BCUT2D eigenvalue weighted by atomic mass is 19.4. The van der Waals surface area contributed by atoms with Crippen molar-refractivity contribution in [3.05, 3.63) is 65.0 Å². The molecule has 1 heterocycles. The maximum atomic E-state index is 13.0. The van der Waals surface area contributed by atoms with E-state index < -0.39 is 17.8 Å². The lowest BCUT2D eigenvalue weighted by Crippen LogP contribution is -2.14. The summed E-state index contributed by atoms with van der Waals surface area (Å²) in [6, 6.07) is 8.47. The molecule has 20 heavy (non-hydrogen) atoms. The number of benzene rings is 1. The van der Waals surface area contributed by atoms with Crippen molar-refractivity contribution < 1.29 is 18.3 Å². The fraction of sp³-hybridized carbons (Fsp3) is 0.267. The number of nitrogens with zero attached hydrogens (tertiary/aromatic N) is 1. The van der Waals surface area contributed by atoms with Crippen molar-refractivity contribution in [2.24, 2.45) is 0 Å². The van der Waals surface area contributed by atoms with Gasteiger partial charge in [-0.3, -0.25) is 4.98 Å². The number of halogens is 3. The van der Waals surface area contributed by atoms with Gasteiger partial charge in [0.05, 0.1) is 11.3 Å². The lowest BCUT2D eigenvalue weighted by molar-refractivity contribution is -0.139. The second kappa shape index (κ2) is 5.63. The Morgan fingerprint density at radius 3 is 2.50 bits per heavy atom. The Hall–Kier alpha value is -1.88. The van der Waals surface area contributed by atoms with Crippen LogP contribution in [0.25, 0.3) is 0 Å². The molecule has 0 aliphatic rings. The molecule has 0 saturated carbocycles. The molecular formula is C15H14F3NO. The minimum atomic E-state index is -4.50. The van der Waals surface area contributed by atoms with E-state index in [1.54, 1.807) is 12.1 Å². The molecule has 1 N–H and O–H groups in total. The predicted molar refractivity (Wildman–Crippen MR) is 69.1 cm³/mol. The summed E-state index contributed by atoms with van der Waals surface area (Å²) in [5, 5.41) is 10.3. The molecule has 0 fully saturated rings. The highest BCUT2D eigenvalue weighted by Crippen LogP contribution is 2.36. The van der Waals surface area contributed by atoms with Crippen molar-refractivity contribution in [2.45, 2.75) is 25.6 Å². The van der Waals surface area contributed by atoms with Crippen LogP contribution in [0.4, 0.5) is 13.2 Å². The third kappa shape index (κ3) is 2.82. The summed E-state index contributed by atoms with van der Waals surface area (Å²) in [4.78, 5) is 4.03. The molecule has 0 spiro atoms. The number of aliphatic hydroxyl groups is 1. The van der Waals surface area contributed by atoms with Crippen LogP contribution in [0.3, 0.4) is 0 Å². The zero-order chi connectivity index (χ0) is 14.8. The Labute approximate surface area is 114 Å². The predicted octanol–water partition coefficient (Wildman–Crippen LogP) is 3.74. The number of rotatable bonds is 3. The first-order chi connectivity index (χ1) is 9.45. The monoisotopic (exact) mass is 281 g/mol. The van der Waals surface area contributed by atoms with E-state index in [-0.39, 0.29) is 11.3 Å². The van der Waals surface area contributed by atoms with Gasteiger partial charge < -0.3 is 5.11 Å². The molecule has 106 valence electrons. The standard InChI is InChI=1S/C15H14F3NO/c1-2-10-6-5-9-19-13(10)14(20)11-7-3-4-8-12(11)15(16,17)18/h3-9,14,20H,2H2,1H3. The number of hydrogen-bond acceptors (Lipinski definition) is 2. The molecule has 2 rings (SSSR count). The van der Waals surface area contributed by atoms with E-state index in [0.29, 0.717) is 6.42 Å². The molecule has 1 aromatic carbocycles. The molecule has 0 saturated heterocycles. The molecule has 1 aromatic heterocycles. The number of pyridine rings is 1. The van der Waals surface area contributed by atoms with E-state index in [1.807, 2.05) is 6.92 Å². The van der Waals surface area contributed by atoms with E-state index in [2.05, 4.69) is 4.98 Å². The third-order valence-electron chi connectivity index (χ3n) is 3.13. The van der Waals surface area contributed by atoms with Crippen LogP contribution in [0, 0.1) is 0 Å². The highest BCUT2D eigenvalue weighted by Gasteiger charge is 2.35. The normalized spacial score (nSPS) is 13.2. The summed E-state index contributed by atoms with van der Waals surface area (Å²) in [7, 11) is 0. The van der Waals surface area contributed by atoms with Crippen LogP contribution >= 0.6 is 0 Å². The fourth-order valence-corrected chi connectivity index (χ4v) is 2.14. The van der Waals surface area contributed by atoms with Crippen molar-refractivity contribution >= 4 is 0 Å². The minimum Gasteiger partial charge on any atom is -0.382 e. The Morgan fingerprint density at radius 1 is 1.15 bits per heavy atom. The lowest BCUT2D eigenvalue weighted by atomic mass is 9.96. The molecule has 0 aliphatic heterocycles. The average Bonchev–Trinajstić information content (AvgIpc) is 2.45. The van der Waals surface area contributed by atoms with E-state index in [4.69, 9.17) is 0 Å². The summed E-state index contributed by atoms with van der Waals surface area (Å²) in [5.41, 5.74) is -0.00252. The first kappa shape index (κ1) is 14.5. The molecule has 0 aliphatic carbocycles. The van der Waals surface area contributed by atoms with Gasteiger partial charge in [0.25, 0.3) is 0 Å². The molecular weight excluding hydrogens is 267 g/mol. The SMILES string of the molecule is CCc1cccnc1C(O)c1ccccc1C(F)(F)F. The number of alkyl halides is 3. The summed E-state index contributed by atoms with van der Waals surface area (Å²) in [6.45, 7) is 1.86. The third-order valence-corrected chi connectivity index (χ3v) is 3.13. The second-order valence-electron chi connectivity index (χ2n) is 4.39. The molecule has 1 atom stereocenters. The Morgan fingerprint density at radius 2 is 1.85 bits per heavy atom. The molecule has 2 aromatic rings. The van der Waals surface area contributed by atoms with Gasteiger partial charge >= 0.3 is 6.18 Å². The molecule has 0 bridgehead atoms. The van der Waals surface area contributed by atoms with Crippen LogP contribution in [0.1, 0.15) is 35.4 Å². The molecule has 0 amide bonds. The van der Waals surface area contributed by atoms with Crippen molar-refractivity contribution in [1.29, 1.82) is 0 Å². The van der Waals surface area contributed by atoms with E-state index in [9.17, 15) is 18.3 Å². The zero-order valence-corrected chi connectivity index (χ0v) is 10.9. The van der Waals surface area contributed by atoms with Gasteiger partial charge in [-0.2, -0.15) is 13.2 Å². The minimum absolute atomic E-state index is 0.173. The van der Waals surface area contributed by atoms with Crippen LogP contribution in [-0.4, -0.2) is 10.1 Å². The average molecular weight is 281 g/mol. The highest BCUT2D eigenvalue weighted by molar-refractivity contribution is 5.37. The van der Waals surface area contributed by atoms with Gasteiger partial charge in [-0.25, -0.2) is 0 Å². The van der Waals surface area contributed by atoms with Crippen molar-refractivity contribution in [1.82, 2.24) is 4.98 Å².